The van der Waals surface area contributed by atoms with Crippen LogP contribution in [0.4, 0.5) is 10.1 Å². The summed E-state index contributed by atoms with van der Waals surface area (Å²) in [6.07, 6.45) is 0. The zero-order valence-corrected chi connectivity index (χ0v) is 12.8. The summed E-state index contributed by atoms with van der Waals surface area (Å²) in [7, 11) is -3.79. The Kier molecular flexibility index (Phi) is 3.22. The molecule has 8 heteroatoms. The van der Waals surface area contributed by atoms with Crippen LogP contribution in [0.3, 0.4) is 0 Å². The fraction of sp³-hybridized carbons (Fsp3) is 0. The largest absolute Gasteiger partial charge is 0.435 e. The van der Waals surface area contributed by atoms with Gasteiger partial charge in [0.25, 0.3) is 10.0 Å². The number of nitrogens with zero attached hydrogens (tertiary/aromatic N) is 1. The van der Waals surface area contributed by atoms with Crippen molar-refractivity contribution in [1.82, 2.24) is 0 Å². The van der Waals surface area contributed by atoms with Crippen molar-refractivity contribution in [3.05, 3.63) is 52.3 Å². The standard InChI is InChI=1S/C13H8BrFN2O3S/c14-8-5-10(16)11(6-9(8)15)20-13-7-3-1-2-4-12(7)21(18,19)17-13/h1-6H,16H2. The number of hydrogen-bond donors (Lipinski definition) is 1. The lowest BCUT2D eigenvalue weighted by atomic mass is 10.2. The maximum absolute atomic E-state index is 13.5. The Morgan fingerprint density at radius 1 is 1.24 bits per heavy atom. The number of fused-ring (bicyclic) bond motifs is 1. The Hall–Kier alpha value is -1.93. The molecule has 2 N–H and O–H groups in total. The lowest BCUT2D eigenvalue weighted by molar-refractivity contribution is 0.543. The Bertz CT molecular complexity index is 881. The molecule has 3 rings (SSSR count). The van der Waals surface area contributed by atoms with E-state index in [0.717, 1.165) is 6.07 Å². The van der Waals surface area contributed by atoms with Gasteiger partial charge in [-0.3, -0.25) is 0 Å². The highest BCUT2D eigenvalue weighted by Crippen LogP contribution is 2.32. The van der Waals surface area contributed by atoms with Crippen molar-refractivity contribution in [1.29, 1.82) is 0 Å². The quantitative estimate of drug-likeness (QED) is 0.782. The molecule has 0 spiro atoms. The summed E-state index contributed by atoms with van der Waals surface area (Å²) >= 11 is 3.00. The number of sulfonamides is 1. The third-order valence-electron chi connectivity index (χ3n) is 2.86. The maximum atomic E-state index is 13.5. The minimum atomic E-state index is -3.79. The number of rotatable bonds is 1. The number of benzene rings is 2. The zero-order valence-electron chi connectivity index (χ0n) is 10.4. The molecule has 0 saturated carbocycles. The van der Waals surface area contributed by atoms with E-state index in [-0.39, 0.29) is 26.7 Å². The van der Waals surface area contributed by atoms with Gasteiger partial charge < -0.3 is 10.5 Å². The van der Waals surface area contributed by atoms with Gasteiger partial charge in [-0.2, -0.15) is 8.42 Å². The lowest BCUT2D eigenvalue weighted by Crippen LogP contribution is -2.09. The molecule has 0 fully saturated rings. The first-order chi connectivity index (χ1) is 9.88. The van der Waals surface area contributed by atoms with Crippen LogP contribution in [-0.2, 0) is 10.0 Å². The van der Waals surface area contributed by atoms with Gasteiger partial charge in [-0.05, 0) is 34.1 Å². The first-order valence-corrected chi connectivity index (χ1v) is 7.98. The number of nitrogens with two attached hydrogens (primary N) is 1. The third-order valence-corrected chi connectivity index (χ3v) is 4.78. The summed E-state index contributed by atoms with van der Waals surface area (Å²) in [5.41, 5.74) is 6.21. The first kappa shape index (κ1) is 14.0. The number of ether oxygens (including phenoxy) is 1. The average molecular weight is 371 g/mol. The number of halogens is 2. The highest BCUT2D eigenvalue weighted by Gasteiger charge is 2.30. The van der Waals surface area contributed by atoms with E-state index < -0.39 is 15.8 Å². The van der Waals surface area contributed by atoms with E-state index in [9.17, 15) is 12.8 Å². The monoisotopic (exact) mass is 370 g/mol. The smallest absolute Gasteiger partial charge is 0.286 e. The van der Waals surface area contributed by atoms with Crippen LogP contribution in [0.2, 0.25) is 0 Å². The molecule has 0 amide bonds. The van der Waals surface area contributed by atoms with Crippen LogP contribution in [-0.4, -0.2) is 14.3 Å². The highest BCUT2D eigenvalue weighted by molar-refractivity contribution is 9.10. The summed E-state index contributed by atoms with van der Waals surface area (Å²) in [5, 5.41) is 0. The van der Waals surface area contributed by atoms with Gasteiger partial charge in [-0.1, -0.05) is 12.1 Å². The minimum absolute atomic E-state index is 0.00125. The Morgan fingerprint density at radius 3 is 2.71 bits per heavy atom. The van der Waals surface area contributed by atoms with Crippen LogP contribution in [0.15, 0.2) is 50.2 Å². The number of nitrogen functional groups attached to an aromatic ring is 1. The molecule has 0 aromatic heterocycles. The van der Waals surface area contributed by atoms with Crippen molar-refractivity contribution in [2.45, 2.75) is 4.90 Å². The molecule has 0 saturated heterocycles. The van der Waals surface area contributed by atoms with Crippen LogP contribution < -0.4 is 10.5 Å². The van der Waals surface area contributed by atoms with Crippen LogP contribution in [0.25, 0.3) is 0 Å². The molecular formula is C13H8BrFN2O3S. The van der Waals surface area contributed by atoms with Gasteiger partial charge in [-0.25, -0.2) is 4.39 Å². The molecule has 0 unspecified atom stereocenters. The Labute approximate surface area is 128 Å². The fourth-order valence-corrected chi connectivity index (χ4v) is 3.38. The third kappa shape index (κ3) is 2.40. The SMILES string of the molecule is Nc1cc(Br)c(F)cc1OC1=NS(=O)(=O)c2ccccc21. The zero-order chi connectivity index (χ0) is 15.2. The Morgan fingerprint density at radius 2 is 1.95 bits per heavy atom. The molecule has 0 bridgehead atoms. The van der Waals surface area contributed by atoms with E-state index >= 15 is 0 Å². The predicted molar refractivity (Wildman–Crippen MR) is 79.3 cm³/mol. The van der Waals surface area contributed by atoms with Gasteiger partial charge >= 0.3 is 0 Å². The van der Waals surface area contributed by atoms with Gasteiger partial charge in [-0.15, -0.1) is 4.40 Å². The van der Waals surface area contributed by atoms with E-state index in [4.69, 9.17) is 10.5 Å². The second-order valence-electron chi connectivity index (χ2n) is 4.27. The summed E-state index contributed by atoms with van der Waals surface area (Å²) in [5.74, 6) is -0.700. The molecular weight excluding hydrogens is 363 g/mol. The summed E-state index contributed by atoms with van der Waals surface area (Å²) < 4.78 is 46.4. The van der Waals surface area contributed by atoms with Crippen molar-refractivity contribution in [3.63, 3.8) is 0 Å². The molecule has 21 heavy (non-hydrogen) atoms. The lowest BCUT2D eigenvalue weighted by Gasteiger charge is -2.09. The van der Waals surface area contributed by atoms with Gasteiger partial charge in [0.2, 0.25) is 5.90 Å². The normalized spacial score (nSPS) is 15.4. The molecule has 5 nitrogen and oxygen atoms in total. The minimum Gasteiger partial charge on any atom is -0.435 e. The topological polar surface area (TPSA) is 81.8 Å². The van der Waals surface area contributed by atoms with Crippen LogP contribution in [0, 0.1) is 5.82 Å². The second kappa shape index (κ2) is 4.81. The molecule has 0 radical (unpaired) electrons. The van der Waals surface area contributed by atoms with E-state index in [1.54, 1.807) is 18.2 Å². The molecule has 1 aliphatic rings. The molecule has 0 atom stereocenters. The van der Waals surface area contributed by atoms with Gasteiger partial charge in [0.05, 0.1) is 15.7 Å². The molecule has 1 heterocycles. The number of anilines is 1. The summed E-state index contributed by atoms with van der Waals surface area (Å²) in [4.78, 5) is 0.0520. The van der Waals surface area contributed by atoms with Crippen LogP contribution >= 0.6 is 15.9 Å². The number of hydrogen-bond acceptors (Lipinski definition) is 4. The molecule has 108 valence electrons. The van der Waals surface area contributed by atoms with Crippen molar-refractivity contribution in [2.75, 3.05) is 5.73 Å². The van der Waals surface area contributed by atoms with E-state index in [2.05, 4.69) is 20.3 Å². The average Bonchev–Trinajstić information content (AvgIpc) is 2.68. The summed E-state index contributed by atoms with van der Waals surface area (Å²) in [6, 6.07) is 8.63. The molecule has 2 aromatic carbocycles. The fourth-order valence-electron chi connectivity index (χ4n) is 1.89. The highest BCUT2D eigenvalue weighted by atomic mass is 79.9. The summed E-state index contributed by atoms with van der Waals surface area (Å²) in [6.45, 7) is 0. The van der Waals surface area contributed by atoms with Gasteiger partial charge in [0.1, 0.15) is 10.7 Å². The van der Waals surface area contributed by atoms with Crippen molar-refractivity contribution < 1.29 is 17.5 Å². The van der Waals surface area contributed by atoms with Crippen LogP contribution in [0.1, 0.15) is 5.56 Å². The van der Waals surface area contributed by atoms with E-state index in [1.165, 1.54) is 12.1 Å². The second-order valence-corrected chi connectivity index (χ2v) is 6.70. The van der Waals surface area contributed by atoms with Crippen LogP contribution in [0.5, 0.6) is 5.75 Å². The first-order valence-electron chi connectivity index (χ1n) is 5.75. The Balaban J connectivity index is 2.06. The molecule has 0 aliphatic carbocycles. The van der Waals surface area contributed by atoms with Gasteiger partial charge in [0, 0.05) is 6.07 Å². The maximum Gasteiger partial charge on any atom is 0.286 e. The van der Waals surface area contributed by atoms with E-state index in [1.807, 2.05) is 0 Å². The van der Waals surface area contributed by atoms with Crippen molar-refractivity contribution in [3.8, 4) is 5.75 Å². The van der Waals surface area contributed by atoms with E-state index in [0.29, 0.717) is 5.56 Å². The van der Waals surface area contributed by atoms with Gasteiger partial charge in [0.15, 0.2) is 5.75 Å². The van der Waals surface area contributed by atoms with Crippen molar-refractivity contribution in [2.24, 2.45) is 4.40 Å². The molecule has 1 aliphatic heterocycles. The molecule has 2 aromatic rings. The predicted octanol–water partition coefficient (Wildman–Crippen LogP) is 2.70. The van der Waals surface area contributed by atoms with Crippen molar-refractivity contribution >= 4 is 37.5 Å².